The summed E-state index contributed by atoms with van der Waals surface area (Å²) in [5, 5.41) is 7.20. The number of nitrogens with zero attached hydrogens (tertiary/aromatic N) is 2. The molecule has 0 radical (unpaired) electrons. The third-order valence-electron chi connectivity index (χ3n) is 1.47. The van der Waals surface area contributed by atoms with E-state index < -0.39 is 5.60 Å². The summed E-state index contributed by atoms with van der Waals surface area (Å²) in [6, 6.07) is 0.0603. The van der Waals surface area contributed by atoms with Crippen molar-refractivity contribution in [3.8, 4) is 0 Å². The van der Waals surface area contributed by atoms with E-state index in [2.05, 4.69) is 10.2 Å². The molecule has 0 atom stereocenters. The summed E-state index contributed by atoms with van der Waals surface area (Å²) in [7, 11) is 1.57. The summed E-state index contributed by atoms with van der Waals surface area (Å²) in [5.74, 6) is 0.387. The van der Waals surface area contributed by atoms with Crippen LogP contribution in [0, 0.1) is 0 Å². The Morgan fingerprint density at radius 2 is 2.09 bits per heavy atom. The lowest BCUT2D eigenvalue weighted by molar-refractivity contribution is -0.00324. The molecule has 1 aromatic rings. The Labute approximate surface area is 64.5 Å². The third kappa shape index (κ3) is 1.48. The topological polar surface area (TPSA) is 74.2 Å². The molecule has 0 bridgehead atoms. The van der Waals surface area contributed by atoms with Gasteiger partial charge < -0.3 is 14.9 Å². The van der Waals surface area contributed by atoms with E-state index in [0.29, 0.717) is 5.89 Å². The normalized spacial score (nSPS) is 11.9. The van der Waals surface area contributed by atoms with Crippen molar-refractivity contribution in [3.63, 3.8) is 0 Å². The lowest BCUT2D eigenvalue weighted by Gasteiger charge is -2.16. The Morgan fingerprint density at radius 1 is 1.45 bits per heavy atom. The highest BCUT2D eigenvalue weighted by molar-refractivity contribution is 5.07. The fraction of sp³-hybridized carbons (Fsp3) is 0.667. The fourth-order valence-corrected chi connectivity index (χ4v) is 0.565. The van der Waals surface area contributed by atoms with Gasteiger partial charge in [0, 0.05) is 7.11 Å². The summed E-state index contributed by atoms with van der Waals surface area (Å²) in [4.78, 5) is 0. The number of hydrogen-bond donors (Lipinski definition) is 1. The first-order chi connectivity index (χ1) is 5.06. The van der Waals surface area contributed by atoms with Crippen molar-refractivity contribution in [2.75, 3.05) is 12.8 Å². The number of nitrogen functional groups attached to an aromatic ring is 1. The second-order valence-electron chi connectivity index (χ2n) is 2.66. The molecular weight excluding hydrogens is 146 g/mol. The van der Waals surface area contributed by atoms with Crippen molar-refractivity contribution < 1.29 is 9.15 Å². The molecule has 62 valence electrons. The van der Waals surface area contributed by atoms with Crippen LogP contribution in [0.4, 0.5) is 6.01 Å². The van der Waals surface area contributed by atoms with Gasteiger partial charge in [-0.25, -0.2) is 0 Å². The Bertz CT molecular complexity index is 244. The molecule has 1 aromatic heterocycles. The molecule has 0 unspecified atom stereocenters. The van der Waals surface area contributed by atoms with Gasteiger partial charge in [0.05, 0.1) is 0 Å². The first-order valence-electron chi connectivity index (χ1n) is 3.21. The van der Waals surface area contributed by atoms with Crippen molar-refractivity contribution in [2.24, 2.45) is 0 Å². The van der Waals surface area contributed by atoms with Gasteiger partial charge in [-0.3, -0.25) is 0 Å². The summed E-state index contributed by atoms with van der Waals surface area (Å²) in [6.45, 7) is 3.64. The highest BCUT2D eigenvalue weighted by atomic mass is 16.5. The summed E-state index contributed by atoms with van der Waals surface area (Å²) < 4.78 is 10.1. The minimum Gasteiger partial charge on any atom is -0.405 e. The summed E-state index contributed by atoms with van der Waals surface area (Å²) in [6.07, 6.45) is 0. The zero-order valence-electron chi connectivity index (χ0n) is 6.79. The van der Waals surface area contributed by atoms with Crippen LogP contribution in [0.2, 0.25) is 0 Å². The zero-order chi connectivity index (χ0) is 8.48. The largest absolute Gasteiger partial charge is 0.405 e. The zero-order valence-corrected chi connectivity index (χ0v) is 6.79. The molecular formula is C6H11N3O2. The minimum absolute atomic E-state index is 0.0603. The molecule has 2 N–H and O–H groups in total. The summed E-state index contributed by atoms with van der Waals surface area (Å²) >= 11 is 0. The Morgan fingerprint density at radius 3 is 2.45 bits per heavy atom. The van der Waals surface area contributed by atoms with Crippen LogP contribution in [0.3, 0.4) is 0 Å². The third-order valence-corrected chi connectivity index (χ3v) is 1.47. The van der Waals surface area contributed by atoms with Crippen LogP contribution in [0.15, 0.2) is 4.42 Å². The first kappa shape index (κ1) is 8.00. The standard InChI is InChI=1S/C6H11N3O2/c1-6(2,10-3)4-8-9-5(7)11-4/h1-3H3,(H2,7,9). The van der Waals surface area contributed by atoms with Crippen molar-refractivity contribution >= 4 is 6.01 Å². The molecule has 5 nitrogen and oxygen atoms in total. The van der Waals surface area contributed by atoms with Gasteiger partial charge in [-0.15, -0.1) is 5.10 Å². The smallest absolute Gasteiger partial charge is 0.312 e. The van der Waals surface area contributed by atoms with Gasteiger partial charge in [-0.1, -0.05) is 5.10 Å². The number of hydrogen-bond acceptors (Lipinski definition) is 5. The predicted molar refractivity (Wildman–Crippen MR) is 38.7 cm³/mol. The maximum atomic E-state index is 5.23. The maximum Gasteiger partial charge on any atom is 0.312 e. The Balaban J connectivity index is 2.92. The number of ether oxygens (including phenoxy) is 1. The Kier molecular flexibility index (Phi) is 1.82. The SMILES string of the molecule is COC(C)(C)c1nnc(N)o1. The van der Waals surface area contributed by atoms with Crippen LogP contribution in [-0.4, -0.2) is 17.3 Å². The van der Waals surface area contributed by atoms with Gasteiger partial charge >= 0.3 is 6.01 Å². The van der Waals surface area contributed by atoms with E-state index in [1.54, 1.807) is 7.11 Å². The molecule has 0 aliphatic heterocycles. The minimum atomic E-state index is -0.565. The van der Waals surface area contributed by atoms with Crippen LogP contribution in [-0.2, 0) is 10.3 Å². The molecule has 0 spiro atoms. The van der Waals surface area contributed by atoms with E-state index >= 15 is 0 Å². The molecule has 0 amide bonds. The molecule has 0 fully saturated rings. The van der Waals surface area contributed by atoms with E-state index in [-0.39, 0.29) is 6.01 Å². The second kappa shape index (κ2) is 2.50. The second-order valence-corrected chi connectivity index (χ2v) is 2.66. The van der Waals surface area contributed by atoms with Crippen molar-refractivity contribution in [1.29, 1.82) is 0 Å². The average Bonchev–Trinajstić information content (AvgIpc) is 2.36. The predicted octanol–water partition coefficient (Wildman–Crippen LogP) is 0.533. The molecule has 0 aliphatic carbocycles. The molecule has 5 heteroatoms. The first-order valence-corrected chi connectivity index (χ1v) is 3.21. The maximum absolute atomic E-state index is 5.23. The fourth-order valence-electron chi connectivity index (χ4n) is 0.565. The van der Waals surface area contributed by atoms with Crippen LogP contribution < -0.4 is 5.73 Å². The van der Waals surface area contributed by atoms with E-state index in [1.807, 2.05) is 13.8 Å². The Hall–Kier alpha value is -1.10. The highest BCUT2D eigenvalue weighted by Gasteiger charge is 2.26. The van der Waals surface area contributed by atoms with Crippen LogP contribution in [0.5, 0.6) is 0 Å². The van der Waals surface area contributed by atoms with Crippen LogP contribution in [0.25, 0.3) is 0 Å². The lowest BCUT2D eigenvalue weighted by atomic mass is 10.1. The molecule has 0 saturated heterocycles. The van der Waals surface area contributed by atoms with Gasteiger partial charge in [0.2, 0.25) is 5.89 Å². The molecule has 0 aliphatic rings. The van der Waals surface area contributed by atoms with E-state index in [4.69, 9.17) is 14.9 Å². The molecule has 1 heterocycles. The van der Waals surface area contributed by atoms with E-state index in [1.165, 1.54) is 0 Å². The lowest BCUT2D eigenvalue weighted by Crippen LogP contribution is -2.19. The molecule has 1 rings (SSSR count). The van der Waals surface area contributed by atoms with Gasteiger partial charge in [-0.05, 0) is 13.8 Å². The number of anilines is 1. The van der Waals surface area contributed by atoms with Crippen molar-refractivity contribution in [1.82, 2.24) is 10.2 Å². The van der Waals surface area contributed by atoms with Crippen LogP contribution >= 0.6 is 0 Å². The number of aromatic nitrogens is 2. The average molecular weight is 157 g/mol. The van der Waals surface area contributed by atoms with Gasteiger partial charge in [0.15, 0.2) is 0 Å². The van der Waals surface area contributed by atoms with Crippen LogP contribution in [0.1, 0.15) is 19.7 Å². The highest BCUT2D eigenvalue weighted by Crippen LogP contribution is 2.22. The monoisotopic (exact) mass is 157 g/mol. The number of rotatable bonds is 2. The molecule has 11 heavy (non-hydrogen) atoms. The van der Waals surface area contributed by atoms with Gasteiger partial charge in [0.25, 0.3) is 0 Å². The molecule has 0 aromatic carbocycles. The van der Waals surface area contributed by atoms with Gasteiger partial charge in [0.1, 0.15) is 5.60 Å². The quantitative estimate of drug-likeness (QED) is 0.677. The number of methoxy groups -OCH3 is 1. The van der Waals surface area contributed by atoms with E-state index in [0.717, 1.165) is 0 Å². The number of nitrogens with two attached hydrogens (primary N) is 1. The van der Waals surface area contributed by atoms with Gasteiger partial charge in [-0.2, -0.15) is 0 Å². The van der Waals surface area contributed by atoms with Crippen molar-refractivity contribution in [3.05, 3.63) is 5.89 Å². The van der Waals surface area contributed by atoms with Crippen molar-refractivity contribution in [2.45, 2.75) is 19.4 Å². The summed E-state index contributed by atoms with van der Waals surface area (Å²) in [5.41, 5.74) is 4.67. The molecule has 0 saturated carbocycles. The van der Waals surface area contributed by atoms with E-state index in [9.17, 15) is 0 Å².